The molecule has 1 rings (SSSR count). The van der Waals surface area contributed by atoms with E-state index >= 15 is 0 Å². The topological polar surface area (TPSA) is 46.2 Å². The molecule has 0 spiro atoms. The van der Waals surface area contributed by atoms with E-state index < -0.39 is 9.84 Å². The zero-order valence-electron chi connectivity index (χ0n) is 8.66. The predicted molar refractivity (Wildman–Crippen MR) is 57.1 cm³/mol. The van der Waals surface area contributed by atoms with Crippen LogP contribution in [0.25, 0.3) is 0 Å². The third kappa shape index (κ3) is 2.56. The van der Waals surface area contributed by atoms with Gasteiger partial charge in [0.2, 0.25) is 0 Å². The van der Waals surface area contributed by atoms with E-state index in [0.717, 1.165) is 17.7 Å². The summed E-state index contributed by atoms with van der Waals surface area (Å²) in [6.07, 6.45) is 1.22. The molecule has 0 unspecified atom stereocenters. The molecule has 0 saturated heterocycles. The Balaban J connectivity index is 3.13. The highest BCUT2D eigenvalue weighted by Crippen LogP contribution is 2.15. The highest BCUT2D eigenvalue weighted by molar-refractivity contribution is 7.90. The molecule has 0 atom stereocenters. The Bertz CT molecular complexity index is 424. The molecule has 0 amide bonds. The number of aryl methyl sites for hydroxylation is 1. The smallest absolute Gasteiger partial charge is 0.175 e. The van der Waals surface area contributed by atoms with Gasteiger partial charge in [0, 0.05) is 12.8 Å². The zero-order valence-corrected chi connectivity index (χ0v) is 9.48. The second-order valence-electron chi connectivity index (χ2n) is 3.39. The molecule has 0 aliphatic rings. The summed E-state index contributed by atoms with van der Waals surface area (Å²) in [6.45, 7) is 2.68. The van der Waals surface area contributed by atoms with Crippen LogP contribution in [0.2, 0.25) is 0 Å². The molecule has 0 aromatic heterocycles. The van der Waals surface area contributed by atoms with Crippen molar-refractivity contribution < 1.29 is 8.42 Å². The van der Waals surface area contributed by atoms with Gasteiger partial charge in [-0.05, 0) is 37.2 Å². The lowest BCUT2D eigenvalue weighted by atomic mass is 10.1. The first-order valence-corrected chi connectivity index (χ1v) is 6.28. The van der Waals surface area contributed by atoms with Gasteiger partial charge in [-0.25, -0.2) is 8.42 Å². The summed E-state index contributed by atoms with van der Waals surface area (Å²) in [4.78, 5) is 0.384. The van der Waals surface area contributed by atoms with Crippen molar-refractivity contribution in [2.45, 2.75) is 18.4 Å². The van der Waals surface area contributed by atoms with E-state index in [1.165, 1.54) is 6.26 Å². The average molecular weight is 213 g/mol. The van der Waals surface area contributed by atoms with Crippen molar-refractivity contribution in [3.05, 3.63) is 29.3 Å². The highest BCUT2D eigenvalue weighted by atomic mass is 32.2. The standard InChI is InChI=1S/C10H15NO2S/c1-8-6-10(14(3,12)13)5-4-9(8)7-11-2/h4-6,11H,7H2,1-3H3. The van der Waals surface area contributed by atoms with Gasteiger partial charge in [-0.3, -0.25) is 0 Å². The van der Waals surface area contributed by atoms with Crippen molar-refractivity contribution >= 4 is 9.84 Å². The quantitative estimate of drug-likeness (QED) is 0.818. The molecule has 0 saturated carbocycles. The predicted octanol–water partition coefficient (Wildman–Crippen LogP) is 1.12. The Kier molecular flexibility index (Phi) is 3.29. The second-order valence-corrected chi connectivity index (χ2v) is 5.41. The Labute approximate surface area is 85.1 Å². The molecule has 4 heteroatoms. The molecule has 0 radical (unpaired) electrons. The maximum Gasteiger partial charge on any atom is 0.175 e. The lowest BCUT2D eigenvalue weighted by molar-refractivity contribution is 0.601. The maximum atomic E-state index is 11.2. The van der Waals surface area contributed by atoms with Crippen LogP contribution in [-0.2, 0) is 16.4 Å². The van der Waals surface area contributed by atoms with Gasteiger partial charge in [0.15, 0.2) is 9.84 Å². The van der Waals surface area contributed by atoms with Crippen molar-refractivity contribution in [2.75, 3.05) is 13.3 Å². The fraction of sp³-hybridized carbons (Fsp3) is 0.400. The van der Waals surface area contributed by atoms with Gasteiger partial charge in [0.1, 0.15) is 0 Å². The minimum atomic E-state index is -3.08. The Hall–Kier alpha value is -0.870. The fourth-order valence-electron chi connectivity index (χ4n) is 1.29. The molecule has 1 aromatic carbocycles. The largest absolute Gasteiger partial charge is 0.316 e. The molecule has 0 heterocycles. The summed E-state index contributed by atoms with van der Waals surface area (Å²) < 4.78 is 22.5. The molecular weight excluding hydrogens is 198 g/mol. The molecule has 0 aliphatic carbocycles. The van der Waals surface area contributed by atoms with Crippen LogP contribution < -0.4 is 5.32 Å². The first-order chi connectivity index (χ1) is 6.45. The number of nitrogens with one attached hydrogen (secondary N) is 1. The van der Waals surface area contributed by atoms with Gasteiger partial charge in [-0.2, -0.15) is 0 Å². The molecule has 3 nitrogen and oxygen atoms in total. The first kappa shape index (κ1) is 11.2. The van der Waals surface area contributed by atoms with Crippen LogP contribution in [0.1, 0.15) is 11.1 Å². The van der Waals surface area contributed by atoms with E-state index in [2.05, 4.69) is 5.32 Å². The molecule has 78 valence electrons. The van der Waals surface area contributed by atoms with E-state index in [0.29, 0.717) is 4.90 Å². The van der Waals surface area contributed by atoms with Crippen molar-refractivity contribution in [2.24, 2.45) is 0 Å². The van der Waals surface area contributed by atoms with Crippen LogP contribution in [0, 0.1) is 6.92 Å². The Morgan fingerprint density at radius 1 is 1.36 bits per heavy atom. The van der Waals surface area contributed by atoms with E-state index in [1.807, 2.05) is 20.0 Å². The average Bonchev–Trinajstić information content (AvgIpc) is 2.07. The summed E-state index contributed by atoms with van der Waals surface area (Å²) in [5.41, 5.74) is 2.13. The summed E-state index contributed by atoms with van der Waals surface area (Å²) in [7, 11) is -1.21. The lowest BCUT2D eigenvalue weighted by Gasteiger charge is -2.06. The van der Waals surface area contributed by atoms with Gasteiger partial charge in [-0.1, -0.05) is 6.07 Å². The summed E-state index contributed by atoms with van der Waals surface area (Å²) in [5, 5.41) is 3.03. The molecular formula is C10H15NO2S. The normalized spacial score (nSPS) is 11.6. The summed E-state index contributed by atoms with van der Waals surface area (Å²) in [5.74, 6) is 0. The lowest BCUT2D eigenvalue weighted by Crippen LogP contribution is -2.07. The highest BCUT2D eigenvalue weighted by Gasteiger charge is 2.08. The molecule has 14 heavy (non-hydrogen) atoms. The van der Waals surface area contributed by atoms with E-state index in [4.69, 9.17) is 0 Å². The third-order valence-electron chi connectivity index (χ3n) is 2.11. The van der Waals surface area contributed by atoms with Crippen LogP contribution in [0.5, 0.6) is 0 Å². The molecule has 0 aliphatic heterocycles. The van der Waals surface area contributed by atoms with E-state index in [-0.39, 0.29) is 0 Å². The van der Waals surface area contributed by atoms with Gasteiger partial charge in [0.25, 0.3) is 0 Å². The number of hydrogen-bond donors (Lipinski definition) is 1. The Morgan fingerprint density at radius 3 is 2.43 bits per heavy atom. The maximum absolute atomic E-state index is 11.2. The van der Waals surface area contributed by atoms with Crippen LogP contribution in [0.3, 0.4) is 0 Å². The van der Waals surface area contributed by atoms with Gasteiger partial charge < -0.3 is 5.32 Å². The van der Waals surface area contributed by atoms with Gasteiger partial charge >= 0.3 is 0 Å². The van der Waals surface area contributed by atoms with Crippen LogP contribution >= 0.6 is 0 Å². The zero-order chi connectivity index (χ0) is 10.8. The summed E-state index contributed by atoms with van der Waals surface area (Å²) in [6, 6.07) is 5.21. The second kappa shape index (κ2) is 4.11. The minimum Gasteiger partial charge on any atom is -0.316 e. The molecule has 1 aromatic rings. The monoisotopic (exact) mass is 213 g/mol. The van der Waals surface area contributed by atoms with Gasteiger partial charge in [-0.15, -0.1) is 0 Å². The number of sulfone groups is 1. The third-order valence-corrected chi connectivity index (χ3v) is 3.22. The first-order valence-electron chi connectivity index (χ1n) is 4.39. The van der Waals surface area contributed by atoms with Crippen LogP contribution in [0.4, 0.5) is 0 Å². The summed E-state index contributed by atoms with van der Waals surface area (Å²) >= 11 is 0. The number of benzene rings is 1. The number of hydrogen-bond acceptors (Lipinski definition) is 3. The van der Waals surface area contributed by atoms with Crippen LogP contribution in [-0.4, -0.2) is 21.7 Å². The minimum absolute atomic E-state index is 0.384. The van der Waals surface area contributed by atoms with E-state index in [9.17, 15) is 8.42 Å². The Morgan fingerprint density at radius 2 is 2.00 bits per heavy atom. The van der Waals surface area contributed by atoms with E-state index in [1.54, 1.807) is 12.1 Å². The fourth-order valence-corrected chi connectivity index (χ4v) is 1.99. The van der Waals surface area contributed by atoms with Crippen molar-refractivity contribution in [3.8, 4) is 0 Å². The van der Waals surface area contributed by atoms with Crippen molar-refractivity contribution in [1.82, 2.24) is 5.32 Å². The van der Waals surface area contributed by atoms with Gasteiger partial charge in [0.05, 0.1) is 4.90 Å². The number of rotatable bonds is 3. The molecule has 1 N–H and O–H groups in total. The molecule has 0 fully saturated rings. The van der Waals surface area contributed by atoms with Crippen molar-refractivity contribution in [3.63, 3.8) is 0 Å². The molecule has 0 bridgehead atoms. The van der Waals surface area contributed by atoms with Crippen molar-refractivity contribution in [1.29, 1.82) is 0 Å². The SMILES string of the molecule is CNCc1ccc(S(C)(=O)=O)cc1C. The van der Waals surface area contributed by atoms with Crippen LogP contribution in [0.15, 0.2) is 23.1 Å².